The van der Waals surface area contributed by atoms with Crippen molar-refractivity contribution in [2.45, 2.75) is 129 Å². The van der Waals surface area contributed by atoms with Crippen LogP contribution in [-0.4, -0.2) is 152 Å². The summed E-state index contributed by atoms with van der Waals surface area (Å²) in [7, 11) is 7.73. The van der Waals surface area contributed by atoms with Gasteiger partial charge in [0.25, 0.3) is 0 Å². The quantitative estimate of drug-likeness (QED) is 0.293. The number of methoxy groups -OCH3 is 1. The lowest BCUT2D eigenvalue weighted by Gasteiger charge is -2.47. The number of amides is 1. The van der Waals surface area contributed by atoms with Crippen LogP contribution in [-0.2, 0) is 28.6 Å². The monoisotopic (exact) mass is 721 g/mol. The number of hydrogen-bond donors (Lipinski definition) is 1. The van der Waals surface area contributed by atoms with Crippen molar-refractivity contribution >= 4 is 17.7 Å². The zero-order valence-electron chi connectivity index (χ0n) is 33.9. The first-order valence-electron chi connectivity index (χ1n) is 20.0. The first kappa shape index (κ1) is 42.1. The predicted octanol–water partition coefficient (Wildman–Crippen LogP) is 3.95. The van der Waals surface area contributed by atoms with Gasteiger partial charge in [0.15, 0.2) is 0 Å². The van der Waals surface area contributed by atoms with Gasteiger partial charge in [0.2, 0.25) is 5.91 Å². The van der Waals surface area contributed by atoms with E-state index in [1.807, 2.05) is 44.7 Å². The fourth-order valence-corrected chi connectivity index (χ4v) is 9.12. The Labute approximate surface area is 309 Å². The third-order valence-corrected chi connectivity index (χ3v) is 12.8. The van der Waals surface area contributed by atoms with Gasteiger partial charge in [0.1, 0.15) is 17.8 Å². The van der Waals surface area contributed by atoms with E-state index in [-0.39, 0.29) is 66.6 Å². The van der Waals surface area contributed by atoms with Gasteiger partial charge in [0.05, 0.1) is 29.8 Å². The standard InChI is InChI=1S/C38H66N4O7.C2H6/c1-24-17-38(5,47-9)29(15-32-34(44)30(39(6)7)14-25(2)49-32)16-33(43)37(3,4)36(46)48-23-31(40(8)18-24)28-21-42(22-28)35(45)27-12-13-41(20-27)19-26-10-11-26;1-2/h24-32,34,44H,10-23H2,1-9H3;1-2H3/t24-,25-,27+,29-,30+,31?,32?,34-,38-;/m1./s1. The maximum atomic E-state index is 14.1. The van der Waals surface area contributed by atoms with Crippen LogP contribution in [0.2, 0.25) is 0 Å². The topological polar surface area (TPSA) is 112 Å². The van der Waals surface area contributed by atoms with Crippen LogP contribution in [0.15, 0.2) is 0 Å². The number of carbonyl (C=O) groups is 3. The number of Topliss-reactive ketones (excluding diaryl/α,β-unsaturated/α-hetero) is 1. The summed E-state index contributed by atoms with van der Waals surface area (Å²) < 4.78 is 18.6. The summed E-state index contributed by atoms with van der Waals surface area (Å²) in [6, 6.07) is -0.126. The number of rotatable bonds is 8. The van der Waals surface area contributed by atoms with Crippen molar-refractivity contribution in [3.05, 3.63) is 0 Å². The Balaban J connectivity index is 0.00000286. The number of carbonyl (C=O) groups excluding carboxylic acids is 3. The van der Waals surface area contributed by atoms with E-state index in [4.69, 9.17) is 14.2 Å². The summed E-state index contributed by atoms with van der Waals surface area (Å²) in [6.45, 7) is 18.9. The van der Waals surface area contributed by atoms with Crippen molar-refractivity contribution in [1.82, 2.24) is 19.6 Å². The molecule has 5 rings (SSSR count). The van der Waals surface area contributed by atoms with Gasteiger partial charge in [-0.05, 0) is 112 Å². The summed E-state index contributed by atoms with van der Waals surface area (Å²) in [6.07, 6.45) is 4.36. The predicted molar refractivity (Wildman–Crippen MR) is 199 cm³/mol. The summed E-state index contributed by atoms with van der Waals surface area (Å²) in [4.78, 5) is 50.0. The van der Waals surface area contributed by atoms with Crippen LogP contribution >= 0.6 is 0 Å². The number of ether oxygens (including phenoxy) is 3. The zero-order chi connectivity index (χ0) is 37.8. The molecule has 9 atom stereocenters. The smallest absolute Gasteiger partial charge is 0.319 e. The van der Waals surface area contributed by atoms with Crippen LogP contribution in [0.25, 0.3) is 0 Å². The molecule has 5 aliphatic rings. The molecule has 1 N–H and O–H groups in total. The summed E-state index contributed by atoms with van der Waals surface area (Å²) >= 11 is 0. The molecule has 4 heterocycles. The molecule has 1 saturated carbocycles. The van der Waals surface area contributed by atoms with E-state index in [0.717, 1.165) is 44.9 Å². The van der Waals surface area contributed by atoms with Crippen molar-refractivity contribution in [3.63, 3.8) is 0 Å². The Morgan fingerprint density at radius 3 is 2.31 bits per heavy atom. The van der Waals surface area contributed by atoms with E-state index in [0.29, 0.717) is 25.9 Å². The number of likely N-dealkylation sites (N-methyl/N-ethyl adjacent to an activating group) is 2. The molecule has 1 aliphatic carbocycles. The van der Waals surface area contributed by atoms with E-state index in [2.05, 4.69) is 30.7 Å². The van der Waals surface area contributed by atoms with Crippen LogP contribution in [0.3, 0.4) is 0 Å². The van der Waals surface area contributed by atoms with Crippen LogP contribution in [0.5, 0.6) is 0 Å². The fourth-order valence-electron chi connectivity index (χ4n) is 9.12. The molecule has 1 amide bonds. The van der Waals surface area contributed by atoms with Crippen molar-refractivity contribution in [2.24, 2.45) is 35.0 Å². The largest absolute Gasteiger partial charge is 0.463 e. The third kappa shape index (κ3) is 10.1. The van der Waals surface area contributed by atoms with E-state index >= 15 is 0 Å². The van der Waals surface area contributed by atoms with Crippen LogP contribution in [0.4, 0.5) is 0 Å². The van der Waals surface area contributed by atoms with Gasteiger partial charge in [-0.15, -0.1) is 0 Å². The molecule has 4 saturated heterocycles. The summed E-state index contributed by atoms with van der Waals surface area (Å²) in [5, 5.41) is 11.4. The zero-order valence-corrected chi connectivity index (χ0v) is 33.9. The van der Waals surface area contributed by atoms with Crippen molar-refractivity contribution in [3.8, 4) is 0 Å². The molecular weight excluding hydrogens is 648 g/mol. The van der Waals surface area contributed by atoms with E-state index in [1.165, 1.54) is 12.8 Å². The number of cyclic esters (lactones) is 1. The molecule has 0 aromatic carbocycles. The number of aliphatic hydroxyl groups is 1. The number of ketones is 1. The average Bonchev–Trinajstić information content (AvgIpc) is 3.75. The maximum absolute atomic E-state index is 14.1. The molecule has 0 aromatic heterocycles. The summed E-state index contributed by atoms with van der Waals surface area (Å²) in [5.41, 5.74) is -2.05. The second kappa shape index (κ2) is 17.7. The minimum absolute atomic E-state index is 0.0334. The highest BCUT2D eigenvalue weighted by Gasteiger charge is 2.48. The molecule has 2 unspecified atom stereocenters. The molecule has 0 aromatic rings. The third-order valence-electron chi connectivity index (χ3n) is 12.8. The Kier molecular flexibility index (Phi) is 14.6. The number of esters is 1. The highest BCUT2D eigenvalue weighted by Crippen LogP contribution is 2.40. The highest BCUT2D eigenvalue weighted by atomic mass is 16.5. The maximum Gasteiger partial charge on any atom is 0.319 e. The average molecular weight is 721 g/mol. The van der Waals surface area contributed by atoms with Gasteiger partial charge in [-0.2, -0.15) is 0 Å². The fraction of sp³-hybridized carbons (Fsp3) is 0.925. The normalized spacial score (nSPS) is 37.8. The highest BCUT2D eigenvalue weighted by molar-refractivity contribution is 6.03. The lowest BCUT2D eigenvalue weighted by atomic mass is 9.72. The van der Waals surface area contributed by atoms with Gasteiger partial charge in [-0.25, -0.2) is 0 Å². The summed E-state index contributed by atoms with van der Waals surface area (Å²) in [5.74, 6) is 0.538. The minimum Gasteiger partial charge on any atom is -0.463 e. The molecule has 4 aliphatic heterocycles. The van der Waals surface area contributed by atoms with Crippen molar-refractivity contribution in [2.75, 3.05) is 74.1 Å². The lowest BCUT2D eigenvalue weighted by molar-refractivity contribution is -0.167. The van der Waals surface area contributed by atoms with Crippen molar-refractivity contribution < 1.29 is 33.7 Å². The molecule has 5 fully saturated rings. The van der Waals surface area contributed by atoms with Gasteiger partial charge < -0.3 is 34.0 Å². The Morgan fingerprint density at radius 1 is 1.04 bits per heavy atom. The van der Waals surface area contributed by atoms with Gasteiger partial charge in [-0.1, -0.05) is 20.8 Å². The van der Waals surface area contributed by atoms with Crippen LogP contribution < -0.4 is 0 Å². The van der Waals surface area contributed by atoms with Gasteiger partial charge in [-0.3, -0.25) is 19.3 Å². The Morgan fingerprint density at radius 2 is 1.71 bits per heavy atom. The lowest BCUT2D eigenvalue weighted by Crippen LogP contribution is -2.60. The van der Waals surface area contributed by atoms with Gasteiger partial charge >= 0.3 is 5.97 Å². The van der Waals surface area contributed by atoms with Crippen LogP contribution in [0, 0.1) is 35.0 Å². The Bertz CT molecular complexity index is 1170. The molecule has 0 bridgehead atoms. The van der Waals surface area contributed by atoms with E-state index in [9.17, 15) is 19.5 Å². The number of nitrogens with zero attached hydrogens (tertiary/aromatic N) is 4. The number of likely N-dealkylation sites (tertiary alicyclic amines) is 2. The molecule has 11 nitrogen and oxygen atoms in total. The van der Waals surface area contributed by atoms with Gasteiger partial charge in [0, 0.05) is 64.3 Å². The van der Waals surface area contributed by atoms with Crippen LogP contribution in [0.1, 0.15) is 93.4 Å². The molecular formula is C40H72N4O7. The van der Waals surface area contributed by atoms with E-state index in [1.54, 1.807) is 21.0 Å². The molecule has 51 heavy (non-hydrogen) atoms. The number of aliphatic hydroxyl groups excluding tert-OH is 1. The van der Waals surface area contributed by atoms with Crippen molar-refractivity contribution in [1.29, 1.82) is 0 Å². The molecule has 0 radical (unpaired) electrons. The van der Waals surface area contributed by atoms with E-state index < -0.39 is 29.2 Å². The molecule has 0 spiro atoms. The first-order chi connectivity index (χ1) is 24.0. The first-order valence-corrected chi connectivity index (χ1v) is 20.0. The minimum atomic E-state index is -1.35. The second-order valence-corrected chi connectivity index (χ2v) is 17.6. The second-order valence-electron chi connectivity index (χ2n) is 17.6. The molecule has 294 valence electrons. The SMILES string of the molecule is CC.CO[C@]1(C)C[C@@H](C)CN(C)C(C2CN(C(=O)[C@H]3CCN(CC4CC4)C3)C2)COC(=O)C(C)(C)C(=O)C[C@H]1CC1O[C@H](C)C[C@H](N(C)C)[C@H]1O. The number of hydrogen-bond acceptors (Lipinski definition) is 10. The Hall–Kier alpha value is -1.63. The molecule has 11 heteroatoms.